The van der Waals surface area contributed by atoms with Crippen molar-refractivity contribution in [2.24, 2.45) is 0 Å². The van der Waals surface area contributed by atoms with E-state index in [1.54, 1.807) is 18.4 Å². The van der Waals surface area contributed by atoms with Gasteiger partial charge in [0.15, 0.2) is 5.13 Å². The fourth-order valence-corrected chi connectivity index (χ4v) is 2.83. The number of benzene rings is 1. The van der Waals surface area contributed by atoms with Gasteiger partial charge in [0.2, 0.25) is 0 Å². The first-order chi connectivity index (χ1) is 10.1. The zero-order valence-electron chi connectivity index (χ0n) is 12.5. The van der Waals surface area contributed by atoms with Crippen molar-refractivity contribution in [1.29, 1.82) is 0 Å². The number of ether oxygens (including phenoxy) is 1. The molecular weight excluding hydrogens is 306 g/mol. The number of hydrogen-bond acceptors (Lipinski definition) is 5. The molecule has 4 nitrogen and oxygen atoms in total. The Morgan fingerprint density at radius 2 is 2.19 bits per heavy atom. The molecule has 0 bridgehead atoms. The summed E-state index contributed by atoms with van der Waals surface area (Å²) in [5.74, 6) is 0.718. The fraction of sp³-hybridized carbons (Fsp3) is 0.400. The summed E-state index contributed by atoms with van der Waals surface area (Å²) in [5.41, 5.74) is 2.98. The van der Waals surface area contributed by atoms with Crippen molar-refractivity contribution >= 4 is 33.8 Å². The molecule has 0 aliphatic carbocycles. The first-order valence-electron chi connectivity index (χ1n) is 6.90. The molecule has 0 unspecified atom stereocenters. The molecule has 1 aromatic heterocycles. The number of rotatable bonds is 7. The lowest BCUT2D eigenvalue weighted by molar-refractivity contribution is 0.417. The van der Waals surface area contributed by atoms with Crippen LogP contribution < -0.4 is 15.4 Å². The second-order valence-electron chi connectivity index (χ2n) is 4.67. The van der Waals surface area contributed by atoms with E-state index in [9.17, 15) is 0 Å². The van der Waals surface area contributed by atoms with Crippen molar-refractivity contribution in [3.63, 3.8) is 0 Å². The summed E-state index contributed by atoms with van der Waals surface area (Å²) < 4.78 is 5.36. The third-order valence-corrected chi connectivity index (χ3v) is 4.30. The molecule has 6 heteroatoms. The topological polar surface area (TPSA) is 46.2 Å². The lowest BCUT2D eigenvalue weighted by Crippen LogP contribution is -2.16. The Balaban J connectivity index is 2.09. The Labute approximate surface area is 134 Å². The van der Waals surface area contributed by atoms with Crippen LogP contribution in [-0.2, 0) is 6.42 Å². The van der Waals surface area contributed by atoms with Crippen LogP contribution in [0.1, 0.15) is 18.2 Å². The highest BCUT2D eigenvalue weighted by molar-refractivity contribution is 7.13. The Morgan fingerprint density at radius 1 is 1.38 bits per heavy atom. The number of aryl methyl sites for hydroxylation is 1. The Morgan fingerprint density at radius 3 is 2.90 bits per heavy atom. The van der Waals surface area contributed by atoms with Gasteiger partial charge in [0.1, 0.15) is 5.75 Å². The SMILES string of the molecule is CCNCCc1csc(Nc2cc(C)c(Cl)cc2OC)n1. The van der Waals surface area contributed by atoms with Crippen molar-refractivity contribution in [2.75, 3.05) is 25.5 Å². The van der Waals surface area contributed by atoms with Gasteiger partial charge in [0, 0.05) is 29.4 Å². The maximum Gasteiger partial charge on any atom is 0.187 e. The zero-order chi connectivity index (χ0) is 15.2. The van der Waals surface area contributed by atoms with Crippen LogP contribution in [0.4, 0.5) is 10.8 Å². The second-order valence-corrected chi connectivity index (χ2v) is 5.94. The van der Waals surface area contributed by atoms with E-state index in [4.69, 9.17) is 16.3 Å². The normalized spacial score (nSPS) is 10.7. The van der Waals surface area contributed by atoms with E-state index in [1.165, 1.54) is 0 Å². The number of likely N-dealkylation sites (N-methyl/N-ethyl adjacent to an activating group) is 1. The molecule has 0 aliphatic heterocycles. The number of nitrogens with one attached hydrogen (secondary N) is 2. The van der Waals surface area contributed by atoms with Gasteiger partial charge in [-0.3, -0.25) is 0 Å². The number of halogens is 1. The van der Waals surface area contributed by atoms with Crippen LogP contribution in [0.25, 0.3) is 0 Å². The summed E-state index contributed by atoms with van der Waals surface area (Å²) in [6.45, 7) is 6.00. The third-order valence-electron chi connectivity index (χ3n) is 3.08. The average molecular weight is 326 g/mol. The minimum atomic E-state index is 0.697. The van der Waals surface area contributed by atoms with Crippen LogP contribution >= 0.6 is 22.9 Å². The van der Waals surface area contributed by atoms with Gasteiger partial charge in [-0.2, -0.15) is 0 Å². The Kier molecular flexibility index (Phi) is 5.85. The molecule has 2 aromatic rings. The highest BCUT2D eigenvalue weighted by Gasteiger charge is 2.09. The van der Waals surface area contributed by atoms with Gasteiger partial charge in [0.25, 0.3) is 0 Å². The van der Waals surface area contributed by atoms with E-state index in [0.717, 1.165) is 47.3 Å². The van der Waals surface area contributed by atoms with Crippen LogP contribution in [0.2, 0.25) is 5.02 Å². The number of nitrogens with zero attached hydrogens (tertiary/aromatic N) is 1. The van der Waals surface area contributed by atoms with E-state index in [2.05, 4.69) is 27.9 Å². The van der Waals surface area contributed by atoms with Gasteiger partial charge in [0.05, 0.1) is 18.5 Å². The van der Waals surface area contributed by atoms with Crippen molar-refractivity contribution in [3.05, 3.63) is 33.8 Å². The smallest absolute Gasteiger partial charge is 0.187 e. The van der Waals surface area contributed by atoms with Gasteiger partial charge in [-0.25, -0.2) is 4.98 Å². The minimum absolute atomic E-state index is 0.697. The number of aromatic nitrogens is 1. The summed E-state index contributed by atoms with van der Waals surface area (Å²) in [6.07, 6.45) is 0.933. The van der Waals surface area contributed by atoms with E-state index in [0.29, 0.717) is 5.02 Å². The molecule has 0 amide bonds. The summed E-state index contributed by atoms with van der Waals surface area (Å²) in [7, 11) is 1.63. The maximum absolute atomic E-state index is 6.11. The molecule has 2 N–H and O–H groups in total. The third kappa shape index (κ3) is 4.33. The quantitative estimate of drug-likeness (QED) is 0.755. The highest BCUT2D eigenvalue weighted by Crippen LogP contribution is 2.33. The molecule has 0 spiro atoms. The Hall–Kier alpha value is -1.30. The predicted molar refractivity (Wildman–Crippen MR) is 90.4 cm³/mol. The minimum Gasteiger partial charge on any atom is -0.495 e. The van der Waals surface area contributed by atoms with Crippen molar-refractivity contribution in [1.82, 2.24) is 10.3 Å². The molecule has 0 atom stereocenters. The fourth-order valence-electron chi connectivity index (χ4n) is 1.92. The molecule has 21 heavy (non-hydrogen) atoms. The summed E-state index contributed by atoms with van der Waals surface area (Å²) in [6, 6.07) is 3.79. The molecule has 0 saturated carbocycles. The first kappa shape index (κ1) is 16.1. The monoisotopic (exact) mass is 325 g/mol. The van der Waals surface area contributed by atoms with Gasteiger partial charge >= 0.3 is 0 Å². The van der Waals surface area contributed by atoms with E-state index >= 15 is 0 Å². The van der Waals surface area contributed by atoms with E-state index in [-0.39, 0.29) is 0 Å². The molecule has 0 saturated heterocycles. The molecular formula is C15H20ClN3OS. The van der Waals surface area contributed by atoms with Crippen LogP contribution in [0, 0.1) is 6.92 Å². The van der Waals surface area contributed by atoms with E-state index < -0.39 is 0 Å². The van der Waals surface area contributed by atoms with Crippen LogP contribution in [0.5, 0.6) is 5.75 Å². The summed E-state index contributed by atoms with van der Waals surface area (Å²) in [4.78, 5) is 4.58. The Bertz CT molecular complexity index is 601. The van der Waals surface area contributed by atoms with Gasteiger partial charge in [-0.05, 0) is 25.1 Å². The van der Waals surface area contributed by atoms with Crippen LogP contribution in [0.15, 0.2) is 17.5 Å². The molecule has 0 fully saturated rings. The molecule has 0 aliphatic rings. The average Bonchev–Trinajstić information content (AvgIpc) is 2.90. The summed E-state index contributed by atoms with van der Waals surface area (Å²) in [5, 5.41) is 10.2. The first-order valence-corrected chi connectivity index (χ1v) is 8.16. The molecule has 2 rings (SSSR count). The van der Waals surface area contributed by atoms with Gasteiger partial charge in [-0.15, -0.1) is 11.3 Å². The van der Waals surface area contributed by atoms with Gasteiger partial charge < -0.3 is 15.4 Å². The molecule has 0 radical (unpaired) electrons. The highest BCUT2D eigenvalue weighted by atomic mass is 35.5. The van der Waals surface area contributed by atoms with Crippen LogP contribution in [-0.4, -0.2) is 25.2 Å². The predicted octanol–water partition coefficient (Wildman–Crippen LogP) is 4.01. The molecule has 1 aromatic carbocycles. The number of hydrogen-bond donors (Lipinski definition) is 2. The maximum atomic E-state index is 6.11. The summed E-state index contributed by atoms with van der Waals surface area (Å²) >= 11 is 7.71. The van der Waals surface area contributed by atoms with Crippen molar-refractivity contribution in [2.45, 2.75) is 20.3 Å². The lowest BCUT2D eigenvalue weighted by atomic mass is 10.2. The van der Waals surface area contributed by atoms with Crippen molar-refractivity contribution < 1.29 is 4.74 Å². The number of methoxy groups -OCH3 is 1. The second kappa shape index (κ2) is 7.64. The molecule has 1 heterocycles. The van der Waals surface area contributed by atoms with Crippen molar-refractivity contribution in [3.8, 4) is 5.75 Å². The van der Waals surface area contributed by atoms with E-state index in [1.807, 2.05) is 19.1 Å². The zero-order valence-corrected chi connectivity index (χ0v) is 14.1. The number of thiazole rings is 1. The van der Waals surface area contributed by atoms with Gasteiger partial charge in [-0.1, -0.05) is 18.5 Å². The standard InChI is InChI=1S/C15H20ClN3OS/c1-4-17-6-5-11-9-21-15(18-11)19-13-7-10(2)12(16)8-14(13)20-3/h7-9,17H,4-6H2,1-3H3,(H,18,19). The largest absolute Gasteiger partial charge is 0.495 e. The van der Waals surface area contributed by atoms with Crippen LogP contribution in [0.3, 0.4) is 0 Å². The number of anilines is 2. The molecule has 114 valence electrons. The lowest BCUT2D eigenvalue weighted by Gasteiger charge is -2.11.